The van der Waals surface area contributed by atoms with Gasteiger partial charge in [-0.3, -0.25) is 0 Å². The van der Waals surface area contributed by atoms with Gasteiger partial charge in [-0.25, -0.2) is 9.59 Å². The molecule has 5 nitrogen and oxygen atoms in total. The van der Waals surface area contributed by atoms with E-state index in [9.17, 15) is 9.59 Å². The third kappa shape index (κ3) is 3.96. The van der Waals surface area contributed by atoms with E-state index in [-0.39, 0.29) is 17.7 Å². The lowest BCUT2D eigenvalue weighted by molar-refractivity contribution is 0.0651. The van der Waals surface area contributed by atoms with Crippen molar-refractivity contribution in [1.29, 1.82) is 0 Å². The van der Waals surface area contributed by atoms with Crippen LogP contribution in [0.2, 0.25) is 0 Å². The van der Waals surface area contributed by atoms with Crippen molar-refractivity contribution in [2.75, 3.05) is 6.61 Å². The highest BCUT2D eigenvalue weighted by Gasteiger charge is 2.16. The number of ether oxygens (including phenoxy) is 1. The average molecular weight is 298 g/mol. The molecule has 0 aliphatic carbocycles. The Hall–Kier alpha value is -3.08. The zero-order valence-electron chi connectivity index (χ0n) is 11.6. The fraction of sp³-hybridized carbons (Fsp3) is 0.0588. The normalized spacial score (nSPS) is 10.5. The maximum atomic E-state index is 11.1. The fourth-order valence-electron chi connectivity index (χ4n) is 1.87. The molecule has 0 radical (unpaired) electrons. The van der Waals surface area contributed by atoms with Gasteiger partial charge < -0.3 is 14.9 Å². The second kappa shape index (κ2) is 7.08. The quantitative estimate of drug-likeness (QED) is 0.855. The van der Waals surface area contributed by atoms with E-state index in [0.29, 0.717) is 5.75 Å². The number of rotatable bonds is 6. The van der Waals surface area contributed by atoms with Crippen LogP contribution in [-0.4, -0.2) is 28.8 Å². The molecule has 0 unspecified atom stereocenters. The van der Waals surface area contributed by atoms with Crippen LogP contribution in [-0.2, 0) is 0 Å². The molecule has 0 spiro atoms. The molecule has 0 aliphatic heterocycles. The molecule has 0 fully saturated rings. The van der Waals surface area contributed by atoms with E-state index >= 15 is 0 Å². The Labute approximate surface area is 127 Å². The maximum Gasteiger partial charge on any atom is 0.336 e. The highest BCUT2D eigenvalue weighted by Crippen LogP contribution is 2.18. The topological polar surface area (TPSA) is 83.8 Å². The lowest BCUT2D eigenvalue weighted by Crippen LogP contribution is -2.08. The van der Waals surface area contributed by atoms with Crippen molar-refractivity contribution in [3.63, 3.8) is 0 Å². The molecule has 22 heavy (non-hydrogen) atoms. The minimum absolute atomic E-state index is 0.250. The number of carboxylic acid groups (broad SMARTS) is 2. The van der Waals surface area contributed by atoms with E-state index in [4.69, 9.17) is 14.9 Å². The van der Waals surface area contributed by atoms with E-state index in [0.717, 1.165) is 5.56 Å². The average Bonchev–Trinajstić information content (AvgIpc) is 2.52. The summed E-state index contributed by atoms with van der Waals surface area (Å²) < 4.78 is 5.41. The molecule has 2 aromatic rings. The summed E-state index contributed by atoms with van der Waals surface area (Å²) in [5.41, 5.74) is 0.468. The zero-order valence-corrected chi connectivity index (χ0v) is 11.6. The van der Waals surface area contributed by atoms with Crippen LogP contribution in [0.15, 0.2) is 54.6 Å². The molecule has 112 valence electrons. The van der Waals surface area contributed by atoms with Gasteiger partial charge in [0.15, 0.2) is 0 Å². The van der Waals surface area contributed by atoms with Gasteiger partial charge in [0.1, 0.15) is 12.4 Å². The maximum absolute atomic E-state index is 11.1. The number of hydrogen-bond donors (Lipinski definition) is 2. The third-order valence-corrected chi connectivity index (χ3v) is 2.91. The Morgan fingerprint density at radius 1 is 0.955 bits per heavy atom. The molecule has 5 heteroatoms. The van der Waals surface area contributed by atoms with Crippen molar-refractivity contribution in [2.45, 2.75) is 0 Å². The first kappa shape index (κ1) is 15.3. The SMILES string of the molecule is O=C(O)c1ccc(OCC=Cc2ccccc2)cc1C(=O)O. The predicted molar refractivity (Wildman–Crippen MR) is 81.3 cm³/mol. The van der Waals surface area contributed by atoms with Gasteiger partial charge in [0, 0.05) is 0 Å². The largest absolute Gasteiger partial charge is 0.490 e. The Kier molecular flexibility index (Phi) is 4.93. The number of aromatic carboxylic acids is 2. The fourth-order valence-corrected chi connectivity index (χ4v) is 1.87. The van der Waals surface area contributed by atoms with Crippen LogP contribution in [0.25, 0.3) is 6.08 Å². The summed E-state index contributed by atoms with van der Waals surface area (Å²) in [6, 6.07) is 13.5. The molecule has 0 aliphatic rings. The summed E-state index contributed by atoms with van der Waals surface area (Å²) in [6.45, 7) is 0.250. The molecule has 0 bridgehead atoms. The first-order chi connectivity index (χ1) is 10.6. The van der Waals surface area contributed by atoms with Crippen LogP contribution in [0.1, 0.15) is 26.3 Å². The summed E-state index contributed by atoms with van der Waals surface area (Å²) in [5, 5.41) is 18.0. The van der Waals surface area contributed by atoms with Gasteiger partial charge in [0.05, 0.1) is 11.1 Å². The highest BCUT2D eigenvalue weighted by atomic mass is 16.5. The van der Waals surface area contributed by atoms with Gasteiger partial charge in [0.2, 0.25) is 0 Å². The van der Waals surface area contributed by atoms with Crippen LogP contribution in [0.3, 0.4) is 0 Å². The molecule has 0 amide bonds. The molecule has 0 heterocycles. The molecular weight excluding hydrogens is 284 g/mol. The molecule has 2 N–H and O–H groups in total. The molecule has 2 aromatic carbocycles. The van der Waals surface area contributed by atoms with E-state index in [1.807, 2.05) is 36.4 Å². The Balaban J connectivity index is 2.04. The number of hydrogen-bond acceptors (Lipinski definition) is 3. The first-order valence-corrected chi connectivity index (χ1v) is 6.53. The second-order valence-corrected chi connectivity index (χ2v) is 4.44. The molecule has 2 rings (SSSR count). The highest BCUT2D eigenvalue weighted by molar-refractivity contribution is 6.01. The van der Waals surface area contributed by atoms with Gasteiger partial charge in [-0.1, -0.05) is 36.4 Å². The van der Waals surface area contributed by atoms with Crippen LogP contribution < -0.4 is 4.74 Å². The molecular formula is C17H14O5. The number of carboxylic acids is 2. The minimum atomic E-state index is -1.30. The Morgan fingerprint density at radius 2 is 1.64 bits per heavy atom. The van der Waals surface area contributed by atoms with Crippen molar-refractivity contribution >= 4 is 18.0 Å². The van der Waals surface area contributed by atoms with Crippen LogP contribution >= 0.6 is 0 Å². The summed E-state index contributed by atoms with van der Waals surface area (Å²) in [7, 11) is 0. The second-order valence-electron chi connectivity index (χ2n) is 4.44. The lowest BCUT2D eigenvalue weighted by Gasteiger charge is -2.06. The first-order valence-electron chi connectivity index (χ1n) is 6.53. The van der Waals surface area contributed by atoms with Crippen LogP contribution in [0.4, 0.5) is 0 Å². The summed E-state index contributed by atoms with van der Waals surface area (Å²) in [4.78, 5) is 22.0. The van der Waals surface area contributed by atoms with Crippen molar-refractivity contribution < 1.29 is 24.5 Å². The van der Waals surface area contributed by atoms with Crippen LogP contribution in [0.5, 0.6) is 5.75 Å². The van der Waals surface area contributed by atoms with Crippen molar-refractivity contribution in [3.8, 4) is 5.75 Å². The Morgan fingerprint density at radius 3 is 2.27 bits per heavy atom. The zero-order chi connectivity index (χ0) is 15.9. The number of carbonyl (C=O) groups is 2. The van der Waals surface area contributed by atoms with Gasteiger partial charge >= 0.3 is 11.9 Å². The standard InChI is InChI=1S/C17H14O5/c18-16(19)14-9-8-13(11-15(14)17(20)21)22-10-4-7-12-5-2-1-3-6-12/h1-9,11H,10H2,(H,18,19)(H,20,21). The molecule has 0 aromatic heterocycles. The summed E-state index contributed by atoms with van der Waals surface area (Å²) >= 11 is 0. The van der Waals surface area contributed by atoms with Crippen molar-refractivity contribution in [2.24, 2.45) is 0 Å². The minimum Gasteiger partial charge on any atom is -0.490 e. The van der Waals surface area contributed by atoms with Crippen molar-refractivity contribution in [1.82, 2.24) is 0 Å². The predicted octanol–water partition coefficient (Wildman–Crippen LogP) is 3.18. The molecule has 0 atom stereocenters. The van der Waals surface area contributed by atoms with E-state index < -0.39 is 11.9 Å². The Bertz CT molecular complexity index is 704. The van der Waals surface area contributed by atoms with Gasteiger partial charge in [-0.2, -0.15) is 0 Å². The van der Waals surface area contributed by atoms with Crippen LogP contribution in [0, 0.1) is 0 Å². The number of benzene rings is 2. The molecule has 0 saturated carbocycles. The van der Waals surface area contributed by atoms with E-state index in [2.05, 4.69) is 0 Å². The van der Waals surface area contributed by atoms with Gasteiger partial charge in [0.25, 0.3) is 0 Å². The van der Waals surface area contributed by atoms with E-state index in [1.165, 1.54) is 18.2 Å². The van der Waals surface area contributed by atoms with Gasteiger partial charge in [-0.05, 0) is 29.8 Å². The smallest absolute Gasteiger partial charge is 0.336 e. The lowest BCUT2D eigenvalue weighted by atomic mass is 10.1. The summed E-state index contributed by atoms with van der Waals surface area (Å²) in [6.07, 6.45) is 3.67. The molecule has 0 saturated heterocycles. The third-order valence-electron chi connectivity index (χ3n) is 2.91. The van der Waals surface area contributed by atoms with E-state index in [1.54, 1.807) is 6.08 Å². The summed E-state index contributed by atoms with van der Waals surface area (Å²) in [5.74, 6) is -2.28. The van der Waals surface area contributed by atoms with Gasteiger partial charge in [-0.15, -0.1) is 0 Å². The van der Waals surface area contributed by atoms with Crippen molar-refractivity contribution in [3.05, 3.63) is 71.3 Å². The monoisotopic (exact) mass is 298 g/mol.